The van der Waals surface area contributed by atoms with Crippen molar-refractivity contribution in [3.63, 3.8) is 0 Å². The average Bonchev–Trinajstić information content (AvgIpc) is 3.46. The van der Waals surface area contributed by atoms with Crippen LogP contribution in [0.1, 0.15) is 21.8 Å². The van der Waals surface area contributed by atoms with E-state index in [-0.39, 0.29) is 18.2 Å². The van der Waals surface area contributed by atoms with Gasteiger partial charge in [0.15, 0.2) is 10.3 Å². The van der Waals surface area contributed by atoms with E-state index in [4.69, 9.17) is 4.42 Å². The molecule has 4 aromatic rings. The van der Waals surface area contributed by atoms with Gasteiger partial charge in [0.25, 0.3) is 5.91 Å². The smallest absolute Gasteiger partial charge is 0.260 e. The Kier molecular flexibility index (Phi) is 6.19. The molecule has 0 saturated carbocycles. The zero-order valence-corrected chi connectivity index (χ0v) is 18.4. The van der Waals surface area contributed by atoms with Gasteiger partial charge in [0.2, 0.25) is 5.91 Å². The number of aromatic nitrogens is 3. The lowest BCUT2D eigenvalue weighted by atomic mass is 10.2. The van der Waals surface area contributed by atoms with Gasteiger partial charge in [0.05, 0.1) is 29.6 Å². The van der Waals surface area contributed by atoms with Crippen LogP contribution in [0.2, 0.25) is 0 Å². The predicted molar refractivity (Wildman–Crippen MR) is 120 cm³/mol. The molecule has 0 aliphatic heterocycles. The van der Waals surface area contributed by atoms with E-state index in [1.54, 1.807) is 24.6 Å². The van der Waals surface area contributed by atoms with Crippen LogP contribution in [0, 0.1) is 6.92 Å². The number of hydrogen-bond donors (Lipinski definition) is 2. The highest BCUT2D eigenvalue weighted by molar-refractivity contribution is 7.99. The number of nitrogens with one attached hydrogen (secondary N) is 2. The quantitative estimate of drug-likeness (QED) is 0.431. The van der Waals surface area contributed by atoms with E-state index in [2.05, 4.69) is 20.6 Å². The summed E-state index contributed by atoms with van der Waals surface area (Å²) in [6.07, 6.45) is 5.16. The van der Waals surface area contributed by atoms with Gasteiger partial charge >= 0.3 is 0 Å². The van der Waals surface area contributed by atoms with E-state index >= 15 is 0 Å². The number of anilines is 2. The van der Waals surface area contributed by atoms with Crippen LogP contribution in [-0.4, -0.2) is 26.3 Å². The van der Waals surface area contributed by atoms with E-state index in [9.17, 15) is 9.59 Å². The maximum atomic E-state index is 12.6. The van der Waals surface area contributed by atoms with Crippen molar-refractivity contribution in [3.05, 3.63) is 71.4 Å². The minimum Gasteiger partial charge on any atom is -0.469 e. The molecular weight excluding hydrogens is 434 g/mol. The third-order valence-electron chi connectivity index (χ3n) is 4.36. The van der Waals surface area contributed by atoms with Gasteiger partial charge in [-0.1, -0.05) is 12.1 Å². The Balaban J connectivity index is 1.38. The molecule has 0 radical (unpaired) electrons. The summed E-state index contributed by atoms with van der Waals surface area (Å²) in [6.45, 7) is 1.72. The lowest BCUT2D eigenvalue weighted by molar-refractivity contribution is -0.115. The summed E-state index contributed by atoms with van der Waals surface area (Å²) < 4.78 is 7.07. The molecule has 2 amide bonds. The van der Waals surface area contributed by atoms with Crippen molar-refractivity contribution in [2.24, 2.45) is 7.05 Å². The Hall–Kier alpha value is -3.37. The zero-order chi connectivity index (χ0) is 21.8. The molecule has 158 valence electrons. The van der Waals surface area contributed by atoms with E-state index in [1.807, 2.05) is 42.1 Å². The number of carbonyl (C=O) groups excluding carboxylic acids is 2. The Morgan fingerprint density at radius 2 is 2.06 bits per heavy atom. The SMILES string of the molecule is Cc1occc1C(=O)Nc1nc(CC(=O)Nc2ccccc2Sc2nccn2C)cs1. The molecule has 0 unspecified atom stereocenters. The van der Waals surface area contributed by atoms with Crippen LogP contribution >= 0.6 is 23.1 Å². The second kappa shape index (κ2) is 9.19. The maximum absolute atomic E-state index is 12.6. The molecule has 0 atom stereocenters. The first-order valence-corrected chi connectivity index (χ1v) is 11.0. The fourth-order valence-electron chi connectivity index (χ4n) is 2.80. The number of aryl methyl sites for hydroxylation is 2. The van der Waals surface area contributed by atoms with E-state index in [0.717, 1.165) is 10.1 Å². The molecule has 0 aliphatic carbocycles. The number of thiazole rings is 1. The summed E-state index contributed by atoms with van der Waals surface area (Å²) >= 11 is 2.74. The second-order valence-electron chi connectivity index (χ2n) is 6.63. The fraction of sp³-hybridized carbons (Fsp3) is 0.143. The third-order valence-corrected chi connectivity index (χ3v) is 6.32. The number of hydrogen-bond acceptors (Lipinski definition) is 7. The molecule has 10 heteroatoms. The molecule has 4 rings (SSSR count). The molecule has 0 fully saturated rings. The van der Waals surface area contributed by atoms with Gasteiger partial charge in [-0.15, -0.1) is 11.3 Å². The standard InChI is InChI=1S/C21H19N5O3S2/c1-13-15(7-10-29-13)19(28)25-20-23-14(12-30-20)11-18(27)24-16-5-3-4-6-17(16)31-21-22-8-9-26(21)2/h3-10,12H,11H2,1-2H3,(H,24,27)(H,23,25,28). The Labute approximate surface area is 186 Å². The summed E-state index contributed by atoms with van der Waals surface area (Å²) in [6, 6.07) is 9.17. The van der Waals surface area contributed by atoms with Gasteiger partial charge < -0.3 is 14.3 Å². The van der Waals surface area contributed by atoms with Crippen LogP contribution in [-0.2, 0) is 18.3 Å². The molecule has 3 heterocycles. The number of carbonyl (C=O) groups is 2. The number of rotatable bonds is 7. The number of amides is 2. The second-order valence-corrected chi connectivity index (χ2v) is 8.50. The number of nitrogens with zero attached hydrogens (tertiary/aromatic N) is 3. The first-order chi connectivity index (χ1) is 15.0. The minimum atomic E-state index is -0.295. The van der Waals surface area contributed by atoms with Crippen molar-refractivity contribution >= 4 is 45.7 Å². The maximum Gasteiger partial charge on any atom is 0.260 e. The Morgan fingerprint density at radius 1 is 1.23 bits per heavy atom. The number of para-hydroxylation sites is 1. The van der Waals surface area contributed by atoms with E-state index < -0.39 is 0 Å². The topological polar surface area (TPSA) is 102 Å². The summed E-state index contributed by atoms with van der Waals surface area (Å²) in [5.41, 5.74) is 1.74. The molecule has 0 aliphatic rings. The van der Waals surface area contributed by atoms with Crippen molar-refractivity contribution < 1.29 is 14.0 Å². The normalized spacial score (nSPS) is 10.8. The van der Waals surface area contributed by atoms with Gasteiger partial charge in [0, 0.05) is 29.7 Å². The van der Waals surface area contributed by atoms with Gasteiger partial charge in [-0.3, -0.25) is 14.9 Å². The molecule has 0 bridgehead atoms. The van der Waals surface area contributed by atoms with Gasteiger partial charge in [-0.2, -0.15) is 0 Å². The summed E-state index contributed by atoms with van der Waals surface area (Å²) in [4.78, 5) is 34.4. The van der Waals surface area contributed by atoms with Crippen molar-refractivity contribution in [1.29, 1.82) is 0 Å². The first-order valence-electron chi connectivity index (χ1n) is 9.33. The van der Waals surface area contributed by atoms with Gasteiger partial charge in [0.1, 0.15) is 5.76 Å². The molecule has 1 aromatic carbocycles. The van der Waals surface area contributed by atoms with Crippen LogP contribution < -0.4 is 10.6 Å². The largest absolute Gasteiger partial charge is 0.469 e. The molecular formula is C21H19N5O3S2. The Bertz CT molecular complexity index is 1230. The highest BCUT2D eigenvalue weighted by Crippen LogP contribution is 2.32. The van der Waals surface area contributed by atoms with Gasteiger partial charge in [-0.05, 0) is 36.9 Å². The Morgan fingerprint density at radius 3 is 2.81 bits per heavy atom. The van der Waals surface area contributed by atoms with Gasteiger partial charge in [-0.25, -0.2) is 9.97 Å². The van der Waals surface area contributed by atoms with Crippen molar-refractivity contribution in [3.8, 4) is 0 Å². The van der Waals surface area contributed by atoms with E-state index in [0.29, 0.717) is 27.8 Å². The van der Waals surface area contributed by atoms with Crippen molar-refractivity contribution in [2.45, 2.75) is 23.4 Å². The number of imidazole rings is 1. The fourth-order valence-corrected chi connectivity index (χ4v) is 4.39. The molecule has 31 heavy (non-hydrogen) atoms. The third kappa shape index (κ3) is 5.04. The average molecular weight is 454 g/mol. The predicted octanol–water partition coefficient (Wildman–Crippen LogP) is 4.36. The lowest BCUT2D eigenvalue weighted by Crippen LogP contribution is -2.15. The summed E-state index contributed by atoms with van der Waals surface area (Å²) in [5.74, 6) is 0.0503. The first kappa shape index (κ1) is 20.9. The zero-order valence-electron chi connectivity index (χ0n) is 16.8. The molecule has 2 N–H and O–H groups in total. The monoisotopic (exact) mass is 453 g/mol. The molecule has 0 saturated heterocycles. The van der Waals surface area contributed by atoms with Crippen LogP contribution in [0.3, 0.4) is 0 Å². The van der Waals surface area contributed by atoms with Crippen LogP contribution in [0.5, 0.6) is 0 Å². The molecule has 3 aromatic heterocycles. The highest BCUT2D eigenvalue weighted by atomic mass is 32.2. The number of benzene rings is 1. The summed E-state index contributed by atoms with van der Waals surface area (Å²) in [7, 11) is 1.92. The van der Waals surface area contributed by atoms with Crippen LogP contribution in [0.15, 0.2) is 68.8 Å². The number of furan rings is 1. The van der Waals surface area contributed by atoms with Crippen LogP contribution in [0.4, 0.5) is 10.8 Å². The highest BCUT2D eigenvalue weighted by Gasteiger charge is 2.15. The van der Waals surface area contributed by atoms with Crippen molar-refractivity contribution in [1.82, 2.24) is 14.5 Å². The molecule has 8 nitrogen and oxygen atoms in total. The van der Waals surface area contributed by atoms with E-state index in [1.165, 1.54) is 29.4 Å². The lowest BCUT2D eigenvalue weighted by Gasteiger charge is -2.10. The minimum absolute atomic E-state index is 0.0957. The van der Waals surface area contributed by atoms with Crippen molar-refractivity contribution in [2.75, 3.05) is 10.6 Å². The molecule has 0 spiro atoms. The summed E-state index contributed by atoms with van der Waals surface area (Å²) in [5, 5.41) is 8.68. The van der Waals surface area contributed by atoms with Crippen LogP contribution in [0.25, 0.3) is 0 Å².